The highest BCUT2D eigenvalue weighted by atomic mass is 16.3. The summed E-state index contributed by atoms with van der Waals surface area (Å²) in [6.07, 6.45) is 5.13. The SMILES string of the molecule is CN(Cc1cccc(C(N)=O)c1)C(=O)C=Cc1cn(-c2ccccc2)nc1-c1cc2ccccc2o1. The van der Waals surface area contributed by atoms with Crippen LogP contribution < -0.4 is 5.73 Å². The summed E-state index contributed by atoms with van der Waals surface area (Å²) in [7, 11) is 1.71. The van der Waals surface area contributed by atoms with Crippen molar-refractivity contribution < 1.29 is 14.0 Å². The monoisotopic (exact) mass is 476 g/mol. The lowest BCUT2D eigenvalue weighted by Crippen LogP contribution is -2.24. The number of benzene rings is 3. The molecular formula is C29H24N4O3. The summed E-state index contributed by atoms with van der Waals surface area (Å²) in [6.45, 7) is 0.337. The molecule has 0 bridgehead atoms. The summed E-state index contributed by atoms with van der Waals surface area (Å²) in [4.78, 5) is 25.9. The lowest BCUT2D eigenvalue weighted by Gasteiger charge is -2.15. The van der Waals surface area contributed by atoms with Crippen LogP contribution in [0.2, 0.25) is 0 Å². The number of nitrogens with two attached hydrogens (primary N) is 1. The first-order valence-corrected chi connectivity index (χ1v) is 11.4. The van der Waals surface area contributed by atoms with E-state index in [-0.39, 0.29) is 5.91 Å². The molecule has 5 aromatic rings. The van der Waals surface area contributed by atoms with Crippen LogP contribution >= 0.6 is 0 Å². The smallest absolute Gasteiger partial charge is 0.248 e. The Morgan fingerprint density at radius 3 is 2.56 bits per heavy atom. The number of nitrogens with zero attached hydrogens (tertiary/aromatic N) is 3. The number of amides is 2. The summed E-state index contributed by atoms with van der Waals surface area (Å²) in [6, 6.07) is 26.4. The molecular weight excluding hydrogens is 452 g/mol. The molecule has 2 N–H and O–H groups in total. The number of primary amides is 1. The molecule has 0 atom stereocenters. The van der Waals surface area contributed by atoms with Gasteiger partial charge < -0.3 is 15.1 Å². The van der Waals surface area contributed by atoms with E-state index >= 15 is 0 Å². The predicted molar refractivity (Wildman–Crippen MR) is 139 cm³/mol. The fourth-order valence-electron chi connectivity index (χ4n) is 3.98. The van der Waals surface area contributed by atoms with E-state index in [1.807, 2.05) is 72.9 Å². The fraction of sp³-hybridized carbons (Fsp3) is 0.0690. The number of carbonyl (C=O) groups is 2. The first kappa shape index (κ1) is 22.9. The van der Waals surface area contributed by atoms with E-state index < -0.39 is 5.91 Å². The number of carbonyl (C=O) groups excluding carboxylic acids is 2. The van der Waals surface area contributed by atoms with Crippen LogP contribution in [0.5, 0.6) is 0 Å². The van der Waals surface area contributed by atoms with Crippen LogP contribution in [0.4, 0.5) is 0 Å². The Bertz CT molecular complexity index is 1550. The van der Waals surface area contributed by atoms with E-state index in [2.05, 4.69) is 0 Å². The molecule has 0 saturated heterocycles. The number of likely N-dealkylation sites (N-methyl/N-ethyl adjacent to an activating group) is 1. The molecule has 0 aliphatic heterocycles. The van der Waals surface area contributed by atoms with Crippen molar-refractivity contribution in [2.24, 2.45) is 5.73 Å². The first-order chi connectivity index (χ1) is 17.5. The standard InChI is InChI=1S/C29H24N4O3/c1-32(18-20-8-7-10-22(16-20)29(30)35)27(34)15-14-23-19-33(24-11-3-2-4-12-24)31-28(23)26-17-21-9-5-6-13-25(21)36-26/h2-17,19H,18H2,1H3,(H2,30,35). The molecule has 0 spiro atoms. The Kier molecular flexibility index (Phi) is 6.19. The topological polar surface area (TPSA) is 94.4 Å². The molecule has 0 aliphatic carbocycles. The van der Waals surface area contributed by atoms with Gasteiger partial charge in [-0.1, -0.05) is 48.5 Å². The Balaban J connectivity index is 1.44. The highest BCUT2D eigenvalue weighted by Gasteiger charge is 2.16. The molecule has 2 amide bonds. The van der Waals surface area contributed by atoms with Gasteiger partial charge in [0.25, 0.3) is 0 Å². The second kappa shape index (κ2) is 9.76. The predicted octanol–water partition coefficient (Wildman–Crippen LogP) is 5.06. The van der Waals surface area contributed by atoms with Crippen LogP contribution in [0, 0.1) is 0 Å². The van der Waals surface area contributed by atoms with Crippen LogP contribution in [0.1, 0.15) is 21.5 Å². The number of fused-ring (bicyclic) bond motifs is 1. The summed E-state index contributed by atoms with van der Waals surface area (Å²) in [5, 5.41) is 5.74. The van der Waals surface area contributed by atoms with Gasteiger partial charge in [-0.2, -0.15) is 5.10 Å². The highest BCUT2D eigenvalue weighted by Crippen LogP contribution is 2.30. The van der Waals surface area contributed by atoms with E-state index in [9.17, 15) is 9.59 Å². The molecule has 178 valence electrons. The van der Waals surface area contributed by atoms with Gasteiger partial charge in [0.2, 0.25) is 11.8 Å². The minimum Gasteiger partial charge on any atom is -0.454 e. The minimum atomic E-state index is -0.501. The number of hydrogen-bond donors (Lipinski definition) is 1. The Hall–Kier alpha value is -4.91. The van der Waals surface area contributed by atoms with E-state index in [4.69, 9.17) is 15.2 Å². The summed E-state index contributed by atoms with van der Waals surface area (Å²) in [5.74, 6) is -0.0728. The van der Waals surface area contributed by atoms with Crippen LogP contribution in [-0.2, 0) is 11.3 Å². The normalized spacial score (nSPS) is 11.2. The van der Waals surface area contributed by atoms with E-state index in [1.165, 1.54) is 6.08 Å². The lowest BCUT2D eigenvalue weighted by atomic mass is 10.1. The van der Waals surface area contributed by atoms with Gasteiger partial charge in [0, 0.05) is 42.4 Å². The zero-order valence-electron chi connectivity index (χ0n) is 19.7. The Labute approximate surface area is 208 Å². The average molecular weight is 477 g/mol. The van der Waals surface area contributed by atoms with Gasteiger partial charge in [0.1, 0.15) is 11.3 Å². The van der Waals surface area contributed by atoms with Gasteiger partial charge in [-0.15, -0.1) is 0 Å². The molecule has 0 radical (unpaired) electrons. The summed E-state index contributed by atoms with van der Waals surface area (Å²) >= 11 is 0. The zero-order chi connectivity index (χ0) is 25.1. The van der Waals surface area contributed by atoms with Crippen LogP contribution in [-0.4, -0.2) is 33.5 Å². The maximum atomic E-state index is 12.9. The van der Waals surface area contributed by atoms with E-state index in [1.54, 1.807) is 40.9 Å². The van der Waals surface area contributed by atoms with E-state index in [0.29, 0.717) is 23.6 Å². The van der Waals surface area contributed by atoms with Crippen LogP contribution in [0.3, 0.4) is 0 Å². The van der Waals surface area contributed by atoms with Gasteiger partial charge in [-0.25, -0.2) is 4.68 Å². The van der Waals surface area contributed by atoms with Crippen molar-refractivity contribution in [3.63, 3.8) is 0 Å². The lowest BCUT2D eigenvalue weighted by molar-refractivity contribution is -0.125. The van der Waals surface area contributed by atoms with Gasteiger partial charge >= 0.3 is 0 Å². The van der Waals surface area contributed by atoms with Crippen molar-refractivity contribution in [2.75, 3.05) is 7.05 Å². The van der Waals surface area contributed by atoms with Gasteiger partial charge in [0.15, 0.2) is 5.76 Å². The van der Waals surface area contributed by atoms with Gasteiger partial charge in [0.05, 0.1) is 5.69 Å². The summed E-state index contributed by atoms with van der Waals surface area (Å²) in [5.41, 5.74) is 9.64. The highest BCUT2D eigenvalue weighted by molar-refractivity contribution is 5.94. The molecule has 0 fully saturated rings. The van der Waals surface area contributed by atoms with Gasteiger partial charge in [-0.05, 0) is 48.0 Å². The molecule has 2 heterocycles. The first-order valence-electron chi connectivity index (χ1n) is 11.4. The molecule has 7 heteroatoms. The Morgan fingerprint density at radius 2 is 1.78 bits per heavy atom. The molecule has 0 aliphatic rings. The van der Waals surface area contributed by atoms with Crippen molar-refractivity contribution in [3.05, 3.63) is 114 Å². The number of furan rings is 1. The maximum Gasteiger partial charge on any atom is 0.248 e. The Morgan fingerprint density at radius 1 is 1.00 bits per heavy atom. The third kappa shape index (κ3) is 4.81. The maximum absolute atomic E-state index is 12.9. The number of hydrogen-bond acceptors (Lipinski definition) is 4. The third-order valence-electron chi connectivity index (χ3n) is 5.84. The second-order valence-electron chi connectivity index (χ2n) is 8.45. The van der Waals surface area contributed by atoms with Crippen molar-refractivity contribution in [2.45, 2.75) is 6.54 Å². The number of aromatic nitrogens is 2. The molecule has 7 nitrogen and oxygen atoms in total. The van der Waals surface area contributed by atoms with E-state index in [0.717, 1.165) is 27.8 Å². The minimum absolute atomic E-state index is 0.192. The molecule has 5 rings (SSSR count). The number of para-hydroxylation sites is 2. The zero-order valence-corrected chi connectivity index (χ0v) is 19.7. The molecule has 3 aromatic carbocycles. The average Bonchev–Trinajstić information content (AvgIpc) is 3.52. The molecule has 0 saturated carbocycles. The van der Waals surface area contributed by atoms with Crippen LogP contribution in [0.25, 0.3) is 34.2 Å². The second-order valence-corrected chi connectivity index (χ2v) is 8.45. The van der Waals surface area contributed by atoms with Crippen LogP contribution in [0.15, 0.2) is 102 Å². The quantitative estimate of drug-likeness (QED) is 0.332. The molecule has 0 unspecified atom stereocenters. The van der Waals surface area contributed by atoms with Gasteiger partial charge in [-0.3, -0.25) is 9.59 Å². The van der Waals surface area contributed by atoms with Crippen molar-refractivity contribution in [3.8, 4) is 17.1 Å². The summed E-state index contributed by atoms with van der Waals surface area (Å²) < 4.78 is 7.83. The fourth-order valence-corrected chi connectivity index (χ4v) is 3.98. The van der Waals surface area contributed by atoms with Crippen molar-refractivity contribution in [1.82, 2.24) is 14.7 Å². The molecule has 36 heavy (non-hydrogen) atoms. The third-order valence-corrected chi connectivity index (χ3v) is 5.84. The van der Waals surface area contributed by atoms with Crippen molar-refractivity contribution in [1.29, 1.82) is 0 Å². The van der Waals surface area contributed by atoms with Crippen molar-refractivity contribution >= 4 is 28.9 Å². The molecule has 2 aromatic heterocycles. The largest absolute Gasteiger partial charge is 0.454 e. The number of rotatable bonds is 7.